The lowest BCUT2D eigenvalue weighted by Crippen LogP contribution is -2.45. The van der Waals surface area contributed by atoms with Gasteiger partial charge in [0.05, 0.1) is 6.04 Å². The van der Waals surface area contributed by atoms with Crippen molar-refractivity contribution in [3.05, 3.63) is 70.2 Å². The largest absolute Gasteiger partial charge is 0.314 e. The summed E-state index contributed by atoms with van der Waals surface area (Å²) in [6, 6.07) is 19.8. The summed E-state index contributed by atoms with van der Waals surface area (Å²) in [6.07, 6.45) is 0. The van der Waals surface area contributed by atoms with Crippen molar-refractivity contribution in [2.45, 2.75) is 6.04 Å². The molecule has 0 aromatic heterocycles. The predicted molar refractivity (Wildman–Crippen MR) is 86.9 cm³/mol. The molecule has 0 unspecified atom stereocenters. The number of halogens is 1. The first-order valence-corrected chi connectivity index (χ1v) is 7.89. The molecular formula is C17H19BrN2. The Balaban J connectivity index is 1.98. The average Bonchev–Trinajstić information content (AvgIpc) is 2.50. The molecule has 2 aromatic rings. The summed E-state index contributed by atoms with van der Waals surface area (Å²) in [7, 11) is 0. The second-order valence-electron chi connectivity index (χ2n) is 5.15. The van der Waals surface area contributed by atoms with Gasteiger partial charge in [-0.15, -0.1) is 0 Å². The molecule has 1 fully saturated rings. The quantitative estimate of drug-likeness (QED) is 0.927. The van der Waals surface area contributed by atoms with E-state index in [1.165, 1.54) is 11.1 Å². The summed E-state index contributed by atoms with van der Waals surface area (Å²) in [6.45, 7) is 4.31. The normalized spacial score (nSPS) is 17.9. The molecule has 3 heteroatoms. The van der Waals surface area contributed by atoms with E-state index in [4.69, 9.17) is 0 Å². The number of hydrogen-bond acceptors (Lipinski definition) is 2. The number of benzene rings is 2. The lowest BCUT2D eigenvalue weighted by Gasteiger charge is -2.35. The number of piperazine rings is 1. The lowest BCUT2D eigenvalue weighted by molar-refractivity contribution is 0.198. The van der Waals surface area contributed by atoms with Crippen molar-refractivity contribution < 1.29 is 0 Å². The third-order valence-corrected chi connectivity index (χ3v) is 4.29. The number of rotatable bonds is 3. The number of hydrogen-bond donors (Lipinski definition) is 1. The SMILES string of the molecule is Brc1cccc([C@H](c2ccccc2)N2CCNCC2)c1. The van der Waals surface area contributed by atoms with Crippen LogP contribution in [0.2, 0.25) is 0 Å². The first-order valence-electron chi connectivity index (χ1n) is 7.10. The molecule has 3 rings (SSSR count). The van der Waals surface area contributed by atoms with Crippen LogP contribution in [-0.4, -0.2) is 31.1 Å². The van der Waals surface area contributed by atoms with Gasteiger partial charge < -0.3 is 5.32 Å². The van der Waals surface area contributed by atoms with Crippen LogP contribution >= 0.6 is 15.9 Å². The molecule has 1 aliphatic rings. The molecule has 0 radical (unpaired) electrons. The molecular weight excluding hydrogens is 312 g/mol. The van der Waals surface area contributed by atoms with Gasteiger partial charge in [-0.2, -0.15) is 0 Å². The topological polar surface area (TPSA) is 15.3 Å². The van der Waals surface area contributed by atoms with Gasteiger partial charge in [0.1, 0.15) is 0 Å². The van der Waals surface area contributed by atoms with Gasteiger partial charge in [0, 0.05) is 30.7 Å². The van der Waals surface area contributed by atoms with Crippen molar-refractivity contribution in [1.82, 2.24) is 10.2 Å². The minimum absolute atomic E-state index is 0.343. The molecule has 0 bridgehead atoms. The monoisotopic (exact) mass is 330 g/mol. The molecule has 0 saturated carbocycles. The van der Waals surface area contributed by atoms with E-state index in [-0.39, 0.29) is 0 Å². The lowest BCUT2D eigenvalue weighted by atomic mass is 9.96. The minimum atomic E-state index is 0.343. The van der Waals surface area contributed by atoms with Crippen molar-refractivity contribution in [1.29, 1.82) is 0 Å². The van der Waals surface area contributed by atoms with Crippen molar-refractivity contribution in [3.63, 3.8) is 0 Å². The standard InChI is InChI=1S/C17H19BrN2/c18-16-8-4-7-15(13-16)17(14-5-2-1-3-6-14)20-11-9-19-10-12-20/h1-8,13,17,19H,9-12H2/t17-/m0/s1. The third kappa shape index (κ3) is 3.11. The van der Waals surface area contributed by atoms with Crippen LogP contribution in [0.3, 0.4) is 0 Å². The van der Waals surface area contributed by atoms with Crippen molar-refractivity contribution >= 4 is 15.9 Å². The summed E-state index contributed by atoms with van der Waals surface area (Å²) in [5.41, 5.74) is 2.72. The molecule has 1 atom stereocenters. The van der Waals surface area contributed by atoms with Crippen LogP contribution < -0.4 is 5.32 Å². The van der Waals surface area contributed by atoms with Gasteiger partial charge in [-0.05, 0) is 23.3 Å². The van der Waals surface area contributed by atoms with Gasteiger partial charge in [-0.1, -0.05) is 58.4 Å². The van der Waals surface area contributed by atoms with Crippen LogP contribution in [0.1, 0.15) is 17.2 Å². The zero-order valence-electron chi connectivity index (χ0n) is 11.4. The van der Waals surface area contributed by atoms with E-state index < -0.39 is 0 Å². The Morgan fingerprint density at radius 1 is 0.900 bits per heavy atom. The van der Waals surface area contributed by atoms with Gasteiger partial charge in [0.25, 0.3) is 0 Å². The Hall–Kier alpha value is -1.16. The molecule has 1 N–H and O–H groups in total. The van der Waals surface area contributed by atoms with E-state index in [1.54, 1.807) is 0 Å². The van der Waals surface area contributed by atoms with E-state index in [2.05, 4.69) is 80.7 Å². The highest BCUT2D eigenvalue weighted by atomic mass is 79.9. The van der Waals surface area contributed by atoms with Crippen molar-refractivity contribution in [2.24, 2.45) is 0 Å². The molecule has 20 heavy (non-hydrogen) atoms. The zero-order valence-corrected chi connectivity index (χ0v) is 13.0. The van der Waals surface area contributed by atoms with E-state index >= 15 is 0 Å². The van der Waals surface area contributed by atoms with Gasteiger partial charge in [-0.25, -0.2) is 0 Å². The van der Waals surface area contributed by atoms with Crippen LogP contribution in [0.5, 0.6) is 0 Å². The van der Waals surface area contributed by atoms with E-state index in [0.29, 0.717) is 6.04 Å². The van der Waals surface area contributed by atoms with E-state index in [1.807, 2.05) is 0 Å². The zero-order chi connectivity index (χ0) is 13.8. The maximum Gasteiger partial charge on any atom is 0.0603 e. The fourth-order valence-corrected chi connectivity index (χ4v) is 3.28. The minimum Gasteiger partial charge on any atom is -0.314 e. The van der Waals surface area contributed by atoms with Crippen LogP contribution in [0, 0.1) is 0 Å². The predicted octanol–water partition coefficient (Wildman–Crippen LogP) is 3.44. The van der Waals surface area contributed by atoms with Crippen LogP contribution in [0.15, 0.2) is 59.1 Å². The molecule has 1 aliphatic heterocycles. The highest BCUT2D eigenvalue weighted by Crippen LogP contribution is 2.30. The van der Waals surface area contributed by atoms with Crippen molar-refractivity contribution in [3.8, 4) is 0 Å². The molecule has 0 spiro atoms. The van der Waals surface area contributed by atoms with Crippen LogP contribution in [-0.2, 0) is 0 Å². The Kier molecular flexibility index (Phi) is 4.51. The second-order valence-corrected chi connectivity index (χ2v) is 6.07. The molecule has 0 aliphatic carbocycles. The summed E-state index contributed by atoms with van der Waals surface area (Å²) in [5, 5.41) is 3.43. The Morgan fingerprint density at radius 3 is 2.30 bits per heavy atom. The summed E-state index contributed by atoms with van der Waals surface area (Å²) < 4.78 is 1.14. The first-order chi connectivity index (χ1) is 9.84. The summed E-state index contributed by atoms with van der Waals surface area (Å²) >= 11 is 3.60. The molecule has 2 aromatic carbocycles. The third-order valence-electron chi connectivity index (χ3n) is 3.80. The fraction of sp³-hybridized carbons (Fsp3) is 0.294. The maximum absolute atomic E-state index is 3.60. The molecule has 1 heterocycles. The molecule has 2 nitrogen and oxygen atoms in total. The van der Waals surface area contributed by atoms with Gasteiger partial charge in [-0.3, -0.25) is 4.90 Å². The maximum atomic E-state index is 3.60. The summed E-state index contributed by atoms with van der Waals surface area (Å²) in [5.74, 6) is 0. The van der Waals surface area contributed by atoms with E-state index in [0.717, 1.165) is 30.7 Å². The van der Waals surface area contributed by atoms with Crippen LogP contribution in [0.4, 0.5) is 0 Å². The van der Waals surface area contributed by atoms with Crippen LogP contribution in [0.25, 0.3) is 0 Å². The average molecular weight is 331 g/mol. The van der Waals surface area contributed by atoms with E-state index in [9.17, 15) is 0 Å². The second kappa shape index (κ2) is 6.53. The molecule has 1 saturated heterocycles. The highest BCUT2D eigenvalue weighted by molar-refractivity contribution is 9.10. The van der Waals surface area contributed by atoms with Gasteiger partial charge in [0.2, 0.25) is 0 Å². The van der Waals surface area contributed by atoms with Crippen molar-refractivity contribution in [2.75, 3.05) is 26.2 Å². The number of nitrogens with one attached hydrogen (secondary N) is 1. The Morgan fingerprint density at radius 2 is 1.60 bits per heavy atom. The summed E-state index contributed by atoms with van der Waals surface area (Å²) in [4.78, 5) is 2.56. The number of nitrogens with zero attached hydrogens (tertiary/aromatic N) is 1. The fourth-order valence-electron chi connectivity index (χ4n) is 2.87. The smallest absolute Gasteiger partial charge is 0.0603 e. The molecule has 104 valence electrons. The Bertz CT molecular complexity index is 550. The highest BCUT2D eigenvalue weighted by Gasteiger charge is 2.23. The first kappa shape index (κ1) is 13.8. The Labute approximate surface area is 128 Å². The van der Waals surface area contributed by atoms with Gasteiger partial charge >= 0.3 is 0 Å². The van der Waals surface area contributed by atoms with Gasteiger partial charge in [0.15, 0.2) is 0 Å². The molecule has 0 amide bonds.